The molecule has 0 bridgehead atoms. The zero-order chi connectivity index (χ0) is 6.69. The van der Waals surface area contributed by atoms with Gasteiger partial charge >= 0.3 is 0 Å². The lowest BCUT2D eigenvalue weighted by molar-refractivity contribution is 0.160. The Bertz CT molecular complexity index is 84.5. The first kappa shape index (κ1) is 14.2. The van der Waals surface area contributed by atoms with E-state index in [2.05, 4.69) is 23.8 Å². The predicted octanol–water partition coefficient (Wildman–Crippen LogP) is 0.0470. The molecule has 1 fully saturated rings. The first-order valence-corrected chi connectivity index (χ1v) is 3.74. The molecule has 0 aliphatic carbocycles. The highest BCUT2D eigenvalue weighted by Gasteiger charge is 2.10. The van der Waals surface area contributed by atoms with Crippen molar-refractivity contribution in [3.8, 4) is 0 Å². The normalized spacial score (nSPS) is 20.2. The van der Waals surface area contributed by atoms with Crippen molar-refractivity contribution in [2.45, 2.75) is 6.92 Å². The highest BCUT2D eigenvalue weighted by Crippen LogP contribution is 1.96. The third-order valence-electron chi connectivity index (χ3n) is 2.04. The average molecular weight is 274 g/mol. The zero-order valence-corrected chi connectivity index (χ0v) is 9.67. The van der Waals surface area contributed by atoms with Gasteiger partial charge in [-0.1, -0.05) is 6.92 Å². The van der Waals surface area contributed by atoms with Gasteiger partial charge in [-0.05, 0) is 13.6 Å². The maximum Gasteiger partial charge on any atom is 0.0110 e. The second-order valence-corrected chi connectivity index (χ2v) is 2.74. The largest absolute Gasteiger partial charge is 0.412 e. The molecule has 11 heavy (non-hydrogen) atoms. The SMILES string of the molecule is CCN1CCN(C)CC1.I.O. The van der Waals surface area contributed by atoms with Crippen LogP contribution in [0, 0.1) is 0 Å². The van der Waals surface area contributed by atoms with Crippen LogP contribution < -0.4 is 0 Å². The lowest BCUT2D eigenvalue weighted by Crippen LogP contribution is -2.44. The molecule has 0 unspecified atom stereocenters. The van der Waals surface area contributed by atoms with Gasteiger partial charge in [0, 0.05) is 26.2 Å². The Kier molecular flexibility index (Phi) is 9.35. The van der Waals surface area contributed by atoms with E-state index in [-0.39, 0.29) is 29.5 Å². The lowest BCUT2D eigenvalue weighted by Gasteiger charge is -2.31. The smallest absolute Gasteiger partial charge is 0.0110 e. The van der Waals surface area contributed by atoms with E-state index >= 15 is 0 Å². The van der Waals surface area contributed by atoms with Crippen LogP contribution in [0.5, 0.6) is 0 Å². The third-order valence-corrected chi connectivity index (χ3v) is 2.04. The van der Waals surface area contributed by atoms with Crippen LogP contribution in [0.4, 0.5) is 0 Å². The molecule has 0 atom stereocenters. The maximum atomic E-state index is 2.49. The molecular weight excluding hydrogens is 255 g/mol. The van der Waals surface area contributed by atoms with E-state index in [9.17, 15) is 0 Å². The van der Waals surface area contributed by atoms with Crippen LogP contribution >= 0.6 is 24.0 Å². The summed E-state index contributed by atoms with van der Waals surface area (Å²) >= 11 is 0. The fraction of sp³-hybridized carbons (Fsp3) is 1.00. The summed E-state index contributed by atoms with van der Waals surface area (Å²) in [5.74, 6) is 0. The number of halogens is 1. The van der Waals surface area contributed by atoms with Crippen molar-refractivity contribution < 1.29 is 5.48 Å². The number of piperazine rings is 1. The quantitative estimate of drug-likeness (QED) is 0.634. The molecule has 1 saturated heterocycles. The molecule has 1 rings (SSSR count). The zero-order valence-electron chi connectivity index (χ0n) is 7.34. The molecule has 3 nitrogen and oxygen atoms in total. The molecule has 0 aromatic heterocycles. The van der Waals surface area contributed by atoms with Gasteiger partial charge in [-0.3, -0.25) is 0 Å². The Morgan fingerprint density at radius 1 is 1.09 bits per heavy atom. The van der Waals surface area contributed by atoms with Crippen LogP contribution in [0.15, 0.2) is 0 Å². The molecule has 4 heteroatoms. The topological polar surface area (TPSA) is 38.0 Å². The number of hydrogen-bond acceptors (Lipinski definition) is 2. The molecule has 1 aliphatic heterocycles. The average Bonchev–Trinajstić information content (AvgIpc) is 1.90. The van der Waals surface area contributed by atoms with Crippen LogP contribution in [-0.2, 0) is 0 Å². The van der Waals surface area contributed by atoms with Crippen LogP contribution in [0.3, 0.4) is 0 Å². The first-order chi connectivity index (χ1) is 4.33. The van der Waals surface area contributed by atoms with Crippen molar-refractivity contribution in [1.82, 2.24) is 9.80 Å². The Hall–Kier alpha value is 0.610. The highest BCUT2D eigenvalue weighted by molar-refractivity contribution is 14.0. The summed E-state index contributed by atoms with van der Waals surface area (Å²) < 4.78 is 0. The van der Waals surface area contributed by atoms with Gasteiger partial charge in [0.05, 0.1) is 0 Å². The van der Waals surface area contributed by atoms with E-state index in [1.54, 1.807) is 0 Å². The molecule has 0 aromatic carbocycles. The van der Waals surface area contributed by atoms with Gasteiger partial charge in [-0.2, -0.15) is 0 Å². The van der Waals surface area contributed by atoms with Gasteiger partial charge in [0.1, 0.15) is 0 Å². The summed E-state index contributed by atoms with van der Waals surface area (Å²) in [5, 5.41) is 0. The summed E-state index contributed by atoms with van der Waals surface area (Å²) in [4.78, 5) is 4.87. The summed E-state index contributed by atoms with van der Waals surface area (Å²) in [5.41, 5.74) is 0. The van der Waals surface area contributed by atoms with Crippen molar-refractivity contribution in [2.24, 2.45) is 0 Å². The highest BCUT2D eigenvalue weighted by atomic mass is 127. The number of hydrogen-bond donors (Lipinski definition) is 0. The molecule has 0 aromatic rings. The van der Waals surface area contributed by atoms with Gasteiger partial charge in [0.15, 0.2) is 0 Å². The Balaban J connectivity index is 0. The molecule has 2 N–H and O–H groups in total. The predicted molar refractivity (Wildman–Crippen MR) is 58.6 cm³/mol. The van der Waals surface area contributed by atoms with Gasteiger partial charge in [-0.15, -0.1) is 24.0 Å². The van der Waals surface area contributed by atoms with Crippen molar-refractivity contribution in [3.63, 3.8) is 0 Å². The van der Waals surface area contributed by atoms with Gasteiger partial charge in [0.25, 0.3) is 0 Å². The molecule has 1 aliphatic rings. The first-order valence-electron chi connectivity index (χ1n) is 3.74. The van der Waals surface area contributed by atoms with Crippen LogP contribution in [-0.4, -0.2) is 55.0 Å². The second-order valence-electron chi connectivity index (χ2n) is 2.74. The minimum Gasteiger partial charge on any atom is -0.412 e. The second kappa shape index (κ2) is 7.27. The minimum atomic E-state index is 0. The van der Waals surface area contributed by atoms with Crippen molar-refractivity contribution >= 4 is 24.0 Å². The van der Waals surface area contributed by atoms with E-state index in [1.807, 2.05) is 0 Å². The van der Waals surface area contributed by atoms with Crippen LogP contribution in [0.1, 0.15) is 6.92 Å². The molecule has 0 radical (unpaired) electrons. The number of likely N-dealkylation sites (N-methyl/N-ethyl adjacent to an activating group) is 2. The van der Waals surface area contributed by atoms with Gasteiger partial charge < -0.3 is 15.3 Å². The summed E-state index contributed by atoms with van der Waals surface area (Å²) in [7, 11) is 2.19. The third kappa shape index (κ3) is 4.95. The Labute approximate surface area is 86.1 Å². The molecule has 0 saturated carbocycles. The Morgan fingerprint density at radius 2 is 1.55 bits per heavy atom. The fourth-order valence-corrected chi connectivity index (χ4v) is 1.16. The van der Waals surface area contributed by atoms with E-state index in [4.69, 9.17) is 0 Å². The molecule has 1 heterocycles. The van der Waals surface area contributed by atoms with Gasteiger partial charge in [-0.25, -0.2) is 0 Å². The number of nitrogens with zero attached hydrogens (tertiary/aromatic N) is 2. The fourth-order valence-electron chi connectivity index (χ4n) is 1.16. The van der Waals surface area contributed by atoms with Crippen LogP contribution in [0.2, 0.25) is 0 Å². The lowest BCUT2D eigenvalue weighted by atomic mass is 10.3. The summed E-state index contributed by atoms with van der Waals surface area (Å²) in [6.45, 7) is 8.45. The summed E-state index contributed by atoms with van der Waals surface area (Å²) in [6.07, 6.45) is 0. The summed E-state index contributed by atoms with van der Waals surface area (Å²) in [6, 6.07) is 0. The van der Waals surface area contributed by atoms with E-state index in [0.29, 0.717) is 0 Å². The number of rotatable bonds is 1. The maximum absolute atomic E-state index is 2.49. The minimum absolute atomic E-state index is 0. The monoisotopic (exact) mass is 274 g/mol. The van der Waals surface area contributed by atoms with E-state index < -0.39 is 0 Å². The molecular formula is C7H19IN2O. The van der Waals surface area contributed by atoms with Crippen LogP contribution in [0.25, 0.3) is 0 Å². The van der Waals surface area contributed by atoms with Crippen molar-refractivity contribution in [2.75, 3.05) is 39.8 Å². The van der Waals surface area contributed by atoms with E-state index in [0.717, 1.165) is 0 Å². The molecule has 0 amide bonds. The van der Waals surface area contributed by atoms with Crippen molar-refractivity contribution in [1.29, 1.82) is 0 Å². The van der Waals surface area contributed by atoms with Crippen molar-refractivity contribution in [3.05, 3.63) is 0 Å². The van der Waals surface area contributed by atoms with E-state index in [1.165, 1.54) is 32.7 Å². The van der Waals surface area contributed by atoms with Gasteiger partial charge in [0.2, 0.25) is 0 Å². The molecule has 0 spiro atoms. The Morgan fingerprint density at radius 3 is 1.91 bits per heavy atom. The standard InChI is InChI=1S/C7H16N2.HI.H2O/c1-3-9-6-4-8(2)5-7-9;;/h3-7H2,1-2H3;1H;1H2. The molecule has 70 valence electrons.